The zero-order valence-corrected chi connectivity index (χ0v) is 14.2. The van der Waals surface area contributed by atoms with E-state index >= 15 is 0 Å². The van der Waals surface area contributed by atoms with E-state index in [-0.39, 0.29) is 5.11 Å². The van der Waals surface area contributed by atoms with Gasteiger partial charge in [-0.05, 0) is 48.6 Å². The third-order valence-electron chi connectivity index (χ3n) is 3.34. The van der Waals surface area contributed by atoms with Crippen LogP contribution >= 0.6 is 12.2 Å². The maximum absolute atomic E-state index is 11.1. The van der Waals surface area contributed by atoms with Crippen molar-refractivity contribution in [2.45, 2.75) is 0 Å². The highest BCUT2D eigenvalue weighted by Crippen LogP contribution is 2.28. The van der Waals surface area contributed by atoms with Crippen molar-refractivity contribution in [3.8, 4) is 11.5 Å². The van der Waals surface area contributed by atoms with Crippen LogP contribution in [-0.4, -0.2) is 23.3 Å². The molecule has 0 saturated heterocycles. The number of aromatic nitrogens is 1. The maximum atomic E-state index is 11.1. The summed E-state index contributed by atoms with van der Waals surface area (Å²) in [4.78, 5) is 15.5. The quantitative estimate of drug-likeness (QED) is 0.691. The summed E-state index contributed by atoms with van der Waals surface area (Å²) < 4.78 is 10.4. The van der Waals surface area contributed by atoms with Crippen LogP contribution in [0.25, 0.3) is 10.9 Å². The lowest BCUT2D eigenvalue weighted by atomic mass is 10.2. The predicted molar refractivity (Wildman–Crippen MR) is 100 cm³/mol. The van der Waals surface area contributed by atoms with Gasteiger partial charge in [0.05, 0.1) is 7.11 Å². The molecule has 0 unspecified atom stereocenters. The molecule has 0 spiro atoms. The molecule has 0 fully saturated rings. The number of amides is 1. The Morgan fingerprint density at radius 3 is 2.60 bits per heavy atom. The van der Waals surface area contributed by atoms with Crippen molar-refractivity contribution >= 4 is 40.0 Å². The van der Waals surface area contributed by atoms with E-state index in [0.717, 1.165) is 10.9 Å². The van der Waals surface area contributed by atoms with Crippen molar-refractivity contribution in [3.63, 3.8) is 0 Å². The molecule has 6 nitrogen and oxygen atoms in total. The minimum Gasteiger partial charge on any atom is -0.455 e. The van der Waals surface area contributed by atoms with E-state index in [1.165, 1.54) is 7.11 Å². The number of carbonyl (C=O) groups is 1. The van der Waals surface area contributed by atoms with Gasteiger partial charge in [-0.2, -0.15) is 0 Å². The Labute approximate surface area is 149 Å². The first kappa shape index (κ1) is 16.7. The number of fused-ring (bicyclic) bond motifs is 1. The SMILES string of the molecule is COC(=O)NC(=S)Nc1ccc(Oc2cccc3cccnc23)cc1. The molecule has 0 aliphatic heterocycles. The van der Waals surface area contributed by atoms with Gasteiger partial charge in [0, 0.05) is 17.3 Å². The summed E-state index contributed by atoms with van der Waals surface area (Å²) in [5.41, 5.74) is 1.51. The van der Waals surface area contributed by atoms with Crippen LogP contribution < -0.4 is 15.4 Å². The van der Waals surface area contributed by atoms with Gasteiger partial charge in [-0.25, -0.2) is 4.79 Å². The van der Waals surface area contributed by atoms with Crippen LogP contribution in [0.4, 0.5) is 10.5 Å². The van der Waals surface area contributed by atoms with Crippen LogP contribution in [0, 0.1) is 0 Å². The van der Waals surface area contributed by atoms with Crippen LogP contribution in [0.15, 0.2) is 60.8 Å². The number of hydrogen-bond acceptors (Lipinski definition) is 5. The molecule has 0 aliphatic rings. The standard InChI is InChI=1S/C18H15N3O3S/c1-23-18(22)21-17(25)20-13-7-9-14(10-8-13)24-15-6-2-4-12-5-3-11-19-16(12)15/h2-11H,1H3,(H2,20,21,22,25). The molecule has 0 radical (unpaired) electrons. The number of carbonyl (C=O) groups excluding carboxylic acids is 1. The predicted octanol–water partition coefficient (Wildman–Crippen LogP) is 4.08. The van der Waals surface area contributed by atoms with E-state index < -0.39 is 6.09 Å². The lowest BCUT2D eigenvalue weighted by Gasteiger charge is -2.11. The van der Waals surface area contributed by atoms with E-state index in [2.05, 4.69) is 20.4 Å². The number of pyridine rings is 1. The van der Waals surface area contributed by atoms with Gasteiger partial charge in [0.1, 0.15) is 11.3 Å². The summed E-state index contributed by atoms with van der Waals surface area (Å²) in [6, 6.07) is 16.8. The molecule has 1 aromatic heterocycles. The van der Waals surface area contributed by atoms with Gasteiger partial charge in [-0.15, -0.1) is 0 Å². The van der Waals surface area contributed by atoms with E-state index in [0.29, 0.717) is 17.2 Å². The third kappa shape index (κ3) is 4.21. The Kier molecular flexibility index (Phi) is 5.06. The molecule has 0 saturated carbocycles. The van der Waals surface area contributed by atoms with Crippen molar-refractivity contribution in [3.05, 3.63) is 60.8 Å². The number of alkyl carbamates (subject to hydrolysis) is 1. The van der Waals surface area contributed by atoms with Crippen LogP contribution in [0.1, 0.15) is 0 Å². The number of anilines is 1. The van der Waals surface area contributed by atoms with Crippen LogP contribution in [0.5, 0.6) is 11.5 Å². The maximum Gasteiger partial charge on any atom is 0.413 e. The molecule has 3 aromatic rings. The van der Waals surface area contributed by atoms with Crippen LogP contribution in [0.3, 0.4) is 0 Å². The van der Waals surface area contributed by atoms with Crippen molar-refractivity contribution in [2.24, 2.45) is 0 Å². The van der Waals surface area contributed by atoms with Crippen molar-refractivity contribution in [1.29, 1.82) is 0 Å². The van der Waals surface area contributed by atoms with Crippen LogP contribution in [-0.2, 0) is 4.74 Å². The molecule has 2 N–H and O–H groups in total. The van der Waals surface area contributed by atoms with E-state index in [4.69, 9.17) is 17.0 Å². The summed E-state index contributed by atoms with van der Waals surface area (Å²) in [6.07, 6.45) is 1.11. The molecule has 126 valence electrons. The van der Waals surface area contributed by atoms with Crippen molar-refractivity contribution < 1.29 is 14.3 Å². The normalized spacial score (nSPS) is 10.1. The molecule has 1 amide bonds. The highest BCUT2D eigenvalue weighted by atomic mass is 32.1. The summed E-state index contributed by atoms with van der Waals surface area (Å²) in [5, 5.41) is 6.41. The lowest BCUT2D eigenvalue weighted by Crippen LogP contribution is -2.33. The molecule has 7 heteroatoms. The van der Waals surface area contributed by atoms with Gasteiger partial charge in [-0.3, -0.25) is 10.3 Å². The smallest absolute Gasteiger partial charge is 0.413 e. The summed E-state index contributed by atoms with van der Waals surface area (Å²) in [6.45, 7) is 0. The van der Waals surface area contributed by atoms with Crippen molar-refractivity contribution in [1.82, 2.24) is 10.3 Å². The Hall–Kier alpha value is -3.19. The van der Waals surface area contributed by atoms with Gasteiger partial charge in [0.25, 0.3) is 0 Å². The number of ether oxygens (including phenoxy) is 2. The lowest BCUT2D eigenvalue weighted by molar-refractivity contribution is 0.177. The number of benzene rings is 2. The molecule has 1 heterocycles. The minimum absolute atomic E-state index is 0.152. The Balaban J connectivity index is 1.70. The number of hydrogen-bond donors (Lipinski definition) is 2. The third-order valence-corrected chi connectivity index (χ3v) is 3.54. The number of rotatable bonds is 3. The van der Waals surface area contributed by atoms with Gasteiger partial charge in [0.2, 0.25) is 0 Å². The second kappa shape index (κ2) is 7.59. The van der Waals surface area contributed by atoms with Gasteiger partial charge in [0.15, 0.2) is 10.9 Å². The zero-order valence-electron chi connectivity index (χ0n) is 13.4. The molecule has 2 aromatic carbocycles. The number of nitrogens with one attached hydrogen (secondary N) is 2. The molecule has 0 atom stereocenters. The van der Waals surface area contributed by atoms with E-state index in [9.17, 15) is 4.79 Å². The average Bonchev–Trinajstić information content (AvgIpc) is 2.63. The molecular weight excluding hydrogens is 338 g/mol. The fraction of sp³-hybridized carbons (Fsp3) is 0.0556. The van der Waals surface area contributed by atoms with Crippen LogP contribution in [0.2, 0.25) is 0 Å². The topological polar surface area (TPSA) is 72.5 Å². The summed E-state index contributed by atoms with van der Waals surface area (Å²) >= 11 is 5.01. The number of para-hydroxylation sites is 1. The monoisotopic (exact) mass is 353 g/mol. The Morgan fingerprint density at radius 1 is 1.08 bits per heavy atom. The zero-order chi connectivity index (χ0) is 17.6. The average molecular weight is 353 g/mol. The molecule has 0 bridgehead atoms. The first-order chi connectivity index (χ1) is 12.2. The molecule has 25 heavy (non-hydrogen) atoms. The second-order valence-corrected chi connectivity index (χ2v) is 5.44. The summed E-state index contributed by atoms with van der Waals surface area (Å²) in [7, 11) is 1.27. The molecular formula is C18H15N3O3S. The fourth-order valence-corrected chi connectivity index (χ4v) is 2.40. The van der Waals surface area contributed by atoms with Gasteiger partial charge >= 0.3 is 6.09 Å². The number of nitrogens with zero attached hydrogens (tertiary/aromatic N) is 1. The largest absolute Gasteiger partial charge is 0.455 e. The van der Waals surface area contributed by atoms with Crippen molar-refractivity contribution in [2.75, 3.05) is 12.4 Å². The minimum atomic E-state index is -0.624. The van der Waals surface area contributed by atoms with Gasteiger partial charge in [-0.1, -0.05) is 18.2 Å². The first-order valence-electron chi connectivity index (χ1n) is 7.43. The molecule has 0 aliphatic carbocycles. The van der Waals surface area contributed by atoms with E-state index in [1.54, 1.807) is 30.5 Å². The Bertz CT molecular complexity index is 908. The number of thiocarbonyl (C=S) groups is 1. The molecule has 3 rings (SSSR count). The summed E-state index contributed by atoms with van der Waals surface area (Å²) in [5.74, 6) is 1.34. The highest BCUT2D eigenvalue weighted by molar-refractivity contribution is 7.80. The van der Waals surface area contributed by atoms with E-state index in [1.807, 2.05) is 30.3 Å². The number of methoxy groups -OCH3 is 1. The Morgan fingerprint density at radius 2 is 1.84 bits per heavy atom. The highest BCUT2D eigenvalue weighted by Gasteiger charge is 2.06. The second-order valence-electron chi connectivity index (χ2n) is 5.03. The fourth-order valence-electron chi connectivity index (χ4n) is 2.20. The van der Waals surface area contributed by atoms with Gasteiger partial charge < -0.3 is 14.8 Å². The first-order valence-corrected chi connectivity index (χ1v) is 7.84.